The van der Waals surface area contributed by atoms with E-state index in [1.165, 1.54) is 20.8 Å². The summed E-state index contributed by atoms with van der Waals surface area (Å²) in [5, 5.41) is 8.84. The summed E-state index contributed by atoms with van der Waals surface area (Å²) >= 11 is 0. The molecule has 7 heteroatoms. The van der Waals surface area contributed by atoms with E-state index in [9.17, 15) is 18.0 Å². The zero-order valence-electron chi connectivity index (χ0n) is 9.72. The Balaban J connectivity index is 4.99. The van der Waals surface area contributed by atoms with Crippen molar-refractivity contribution >= 4 is 6.09 Å². The summed E-state index contributed by atoms with van der Waals surface area (Å²) in [5.41, 5.74) is 1.61. The zero-order valence-corrected chi connectivity index (χ0v) is 9.72. The number of alkyl halides is 3. The van der Waals surface area contributed by atoms with Gasteiger partial charge >= 0.3 is 12.3 Å². The first-order valence-corrected chi connectivity index (χ1v) is 4.65. The van der Waals surface area contributed by atoms with Crippen LogP contribution in [0.3, 0.4) is 0 Å². The monoisotopic (exact) mass is 242 g/mol. The number of carbonyl (C=O) groups is 1. The molecule has 0 saturated heterocycles. The van der Waals surface area contributed by atoms with Crippen molar-refractivity contribution in [2.24, 2.45) is 5.73 Å². The number of halogens is 3. The van der Waals surface area contributed by atoms with E-state index >= 15 is 0 Å². The smallest absolute Gasteiger partial charge is 0.407 e. The lowest BCUT2D eigenvalue weighted by Gasteiger charge is -2.39. The summed E-state index contributed by atoms with van der Waals surface area (Å²) in [7, 11) is 0. The second-order valence-electron chi connectivity index (χ2n) is 4.95. The Kier molecular flexibility index (Phi) is 3.87. The molecule has 1 amide bonds. The Morgan fingerprint density at radius 2 is 1.62 bits per heavy atom. The number of carboxylic acid groups (broad SMARTS) is 1. The molecule has 4 nitrogen and oxygen atoms in total. The third kappa shape index (κ3) is 3.55. The van der Waals surface area contributed by atoms with E-state index in [0.29, 0.717) is 4.90 Å². The van der Waals surface area contributed by atoms with Crippen molar-refractivity contribution in [1.29, 1.82) is 0 Å². The van der Waals surface area contributed by atoms with Gasteiger partial charge in [-0.1, -0.05) is 0 Å². The highest BCUT2D eigenvalue weighted by Gasteiger charge is 2.50. The molecule has 0 radical (unpaired) electrons. The van der Waals surface area contributed by atoms with Crippen LogP contribution in [0.1, 0.15) is 27.7 Å². The molecule has 1 atom stereocenters. The van der Waals surface area contributed by atoms with E-state index in [2.05, 4.69) is 0 Å². The van der Waals surface area contributed by atoms with Crippen LogP contribution < -0.4 is 5.73 Å². The van der Waals surface area contributed by atoms with Crippen molar-refractivity contribution in [1.82, 2.24) is 4.90 Å². The number of hydrogen-bond acceptors (Lipinski definition) is 2. The largest absolute Gasteiger partial charge is 0.465 e. The summed E-state index contributed by atoms with van der Waals surface area (Å²) in [6.45, 7) is 4.50. The summed E-state index contributed by atoms with van der Waals surface area (Å²) in [6.07, 6.45) is -6.07. The molecular weight excluding hydrogens is 225 g/mol. The molecule has 1 unspecified atom stereocenters. The first-order chi connectivity index (χ1) is 6.79. The highest BCUT2D eigenvalue weighted by Crippen LogP contribution is 2.30. The lowest BCUT2D eigenvalue weighted by Crippen LogP contribution is -2.62. The fourth-order valence-corrected chi connectivity index (χ4v) is 1.01. The van der Waals surface area contributed by atoms with Gasteiger partial charge in [0.1, 0.15) is 5.54 Å². The maximum absolute atomic E-state index is 12.5. The van der Waals surface area contributed by atoms with Gasteiger partial charge in [0.05, 0.1) is 6.54 Å². The minimum absolute atomic E-state index is 0.681. The molecule has 0 spiro atoms. The van der Waals surface area contributed by atoms with Gasteiger partial charge in [-0.25, -0.2) is 4.79 Å². The van der Waals surface area contributed by atoms with E-state index in [-0.39, 0.29) is 0 Å². The quantitative estimate of drug-likeness (QED) is 0.778. The molecule has 0 aliphatic rings. The van der Waals surface area contributed by atoms with Gasteiger partial charge in [0.25, 0.3) is 0 Å². The number of nitrogens with two attached hydrogens (primary N) is 1. The average Bonchev–Trinajstić information content (AvgIpc) is 1.95. The van der Waals surface area contributed by atoms with Crippen LogP contribution >= 0.6 is 0 Å². The van der Waals surface area contributed by atoms with Crippen LogP contribution in [-0.2, 0) is 0 Å². The fourth-order valence-electron chi connectivity index (χ4n) is 1.01. The minimum Gasteiger partial charge on any atom is -0.465 e. The van der Waals surface area contributed by atoms with Gasteiger partial charge in [-0.2, -0.15) is 13.2 Å². The number of amides is 1. The average molecular weight is 242 g/mol. The highest BCUT2D eigenvalue weighted by molar-refractivity contribution is 5.66. The molecule has 0 aromatic carbocycles. The molecular formula is C9H17F3N2O2. The van der Waals surface area contributed by atoms with Crippen molar-refractivity contribution < 1.29 is 23.1 Å². The van der Waals surface area contributed by atoms with Gasteiger partial charge in [-0.15, -0.1) is 0 Å². The normalized spacial score (nSPS) is 16.8. The van der Waals surface area contributed by atoms with Gasteiger partial charge in [0.2, 0.25) is 0 Å². The Hall–Kier alpha value is -0.980. The van der Waals surface area contributed by atoms with E-state index in [4.69, 9.17) is 10.8 Å². The number of hydrogen-bond donors (Lipinski definition) is 2. The molecule has 16 heavy (non-hydrogen) atoms. The zero-order chi connectivity index (χ0) is 13.4. The molecule has 0 rings (SSSR count). The highest BCUT2D eigenvalue weighted by atomic mass is 19.4. The van der Waals surface area contributed by atoms with E-state index in [0.717, 1.165) is 6.92 Å². The van der Waals surface area contributed by atoms with Gasteiger partial charge < -0.3 is 15.7 Å². The van der Waals surface area contributed by atoms with Crippen LogP contribution in [0.5, 0.6) is 0 Å². The van der Waals surface area contributed by atoms with Crippen molar-refractivity contribution in [3.05, 3.63) is 0 Å². The molecule has 0 heterocycles. The molecule has 96 valence electrons. The third-order valence-electron chi connectivity index (χ3n) is 2.17. The molecule has 0 aliphatic carbocycles. The maximum atomic E-state index is 12.5. The van der Waals surface area contributed by atoms with Crippen molar-refractivity contribution in [3.8, 4) is 0 Å². The topological polar surface area (TPSA) is 66.6 Å². The molecule has 0 aromatic heterocycles. The molecule has 0 fully saturated rings. The van der Waals surface area contributed by atoms with Crippen LogP contribution in [0.15, 0.2) is 0 Å². The second kappa shape index (κ2) is 4.12. The Bertz CT molecular complexity index is 269. The predicted molar refractivity (Wildman–Crippen MR) is 53.1 cm³/mol. The third-order valence-corrected chi connectivity index (χ3v) is 2.17. The van der Waals surface area contributed by atoms with E-state index in [1.807, 2.05) is 0 Å². The number of nitrogens with zero attached hydrogens (tertiary/aromatic N) is 1. The van der Waals surface area contributed by atoms with Crippen LogP contribution in [0.4, 0.5) is 18.0 Å². The fraction of sp³-hybridized carbons (Fsp3) is 0.889. The van der Waals surface area contributed by atoms with Gasteiger partial charge in [-0.05, 0) is 27.7 Å². The second-order valence-corrected chi connectivity index (χ2v) is 4.95. The number of rotatable bonds is 2. The molecule has 0 aliphatic heterocycles. The van der Waals surface area contributed by atoms with Crippen LogP contribution in [-0.4, -0.2) is 39.9 Å². The first kappa shape index (κ1) is 15.0. The molecule has 0 aromatic rings. The summed E-state index contributed by atoms with van der Waals surface area (Å²) in [6, 6.07) is 0. The van der Waals surface area contributed by atoms with Gasteiger partial charge in [-0.3, -0.25) is 0 Å². The van der Waals surface area contributed by atoms with E-state index < -0.39 is 29.9 Å². The summed E-state index contributed by atoms with van der Waals surface area (Å²) in [4.78, 5) is 11.5. The van der Waals surface area contributed by atoms with Crippen LogP contribution in [0.2, 0.25) is 0 Å². The standard InChI is InChI=1S/C9H17F3N2O2/c1-7(2,3)14(6(15)16)5-8(4,13)9(10,11)12/h5,13H2,1-4H3,(H,15,16). The Morgan fingerprint density at radius 1 is 1.25 bits per heavy atom. The molecule has 3 N–H and O–H groups in total. The van der Waals surface area contributed by atoms with Crippen molar-refractivity contribution in [3.63, 3.8) is 0 Å². The lowest BCUT2D eigenvalue weighted by atomic mass is 9.98. The Morgan fingerprint density at radius 3 is 1.81 bits per heavy atom. The minimum atomic E-state index is -4.65. The van der Waals surface area contributed by atoms with Crippen molar-refractivity contribution in [2.45, 2.75) is 44.9 Å². The van der Waals surface area contributed by atoms with Crippen LogP contribution in [0.25, 0.3) is 0 Å². The maximum Gasteiger partial charge on any atom is 0.407 e. The summed E-state index contributed by atoms with van der Waals surface area (Å²) in [5.74, 6) is 0. The van der Waals surface area contributed by atoms with Crippen molar-refractivity contribution in [2.75, 3.05) is 6.54 Å². The molecule has 0 saturated carbocycles. The predicted octanol–water partition coefficient (Wildman–Crippen LogP) is 2.04. The van der Waals surface area contributed by atoms with Crippen LogP contribution in [0, 0.1) is 0 Å². The SMILES string of the molecule is CC(C)(C)N(CC(C)(N)C(F)(F)F)C(=O)O. The van der Waals surface area contributed by atoms with E-state index in [1.54, 1.807) is 0 Å². The Labute approximate surface area is 92.2 Å². The first-order valence-electron chi connectivity index (χ1n) is 4.65. The van der Waals surface area contributed by atoms with Gasteiger partial charge in [0, 0.05) is 5.54 Å². The lowest BCUT2D eigenvalue weighted by molar-refractivity contribution is -0.186. The summed E-state index contributed by atoms with van der Waals surface area (Å²) < 4.78 is 37.5. The van der Waals surface area contributed by atoms with Gasteiger partial charge in [0.15, 0.2) is 0 Å². The molecule has 0 bridgehead atoms.